The summed E-state index contributed by atoms with van der Waals surface area (Å²) in [5.74, 6) is 1.37. The van der Waals surface area contributed by atoms with Crippen LogP contribution in [0.25, 0.3) is 0 Å². The van der Waals surface area contributed by atoms with Gasteiger partial charge < -0.3 is 19.5 Å². The lowest BCUT2D eigenvalue weighted by Crippen LogP contribution is -2.32. The highest BCUT2D eigenvalue weighted by molar-refractivity contribution is 5.79. The van der Waals surface area contributed by atoms with Crippen LogP contribution in [-0.4, -0.2) is 39.4 Å². The first-order chi connectivity index (χ1) is 9.72. The molecular weight excluding hydrogens is 258 g/mol. The molecule has 0 radical (unpaired) electrons. The third kappa shape index (κ3) is 3.87. The van der Waals surface area contributed by atoms with Gasteiger partial charge in [-0.3, -0.25) is 4.79 Å². The van der Waals surface area contributed by atoms with Crippen molar-refractivity contribution in [1.29, 1.82) is 0 Å². The Kier molecular flexibility index (Phi) is 5.24. The minimum absolute atomic E-state index is 0.0351. The highest BCUT2D eigenvalue weighted by atomic mass is 16.5. The standard InChI is InChI=1S/C15H21NO4/c1-18-12-5-6-14(19-2)11(8-12)9-15(17)16-10-13-4-3-7-20-13/h5-6,8,13H,3-4,7,9-10H2,1-2H3,(H,16,17)/t13-/m0/s1. The van der Waals surface area contributed by atoms with Crippen molar-refractivity contribution >= 4 is 5.91 Å². The average Bonchev–Trinajstić information content (AvgIpc) is 2.98. The first-order valence-corrected chi connectivity index (χ1v) is 6.82. The van der Waals surface area contributed by atoms with Crippen LogP contribution in [0.5, 0.6) is 11.5 Å². The summed E-state index contributed by atoms with van der Waals surface area (Å²) < 4.78 is 15.9. The van der Waals surface area contributed by atoms with E-state index in [1.807, 2.05) is 18.2 Å². The van der Waals surface area contributed by atoms with Crippen LogP contribution in [0.2, 0.25) is 0 Å². The van der Waals surface area contributed by atoms with Gasteiger partial charge in [0.15, 0.2) is 0 Å². The number of amides is 1. The molecule has 1 atom stereocenters. The first-order valence-electron chi connectivity index (χ1n) is 6.82. The second-order valence-electron chi connectivity index (χ2n) is 4.79. The van der Waals surface area contributed by atoms with E-state index in [-0.39, 0.29) is 18.4 Å². The molecule has 1 aliphatic heterocycles. The molecule has 1 fully saturated rings. The third-order valence-corrected chi connectivity index (χ3v) is 3.39. The van der Waals surface area contributed by atoms with Gasteiger partial charge >= 0.3 is 0 Å². The minimum Gasteiger partial charge on any atom is -0.497 e. The number of rotatable bonds is 6. The van der Waals surface area contributed by atoms with Gasteiger partial charge in [0.2, 0.25) is 5.91 Å². The van der Waals surface area contributed by atoms with E-state index < -0.39 is 0 Å². The van der Waals surface area contributed by atoms with Crippen LogP contribution < -0.4 is 14.8 Å². The Morgan fingerprint density at radius 2 is 2.25 bits per heavy atom. The van der Waals surface area contributed by atoms with Crippen LogP contribution in [0.3, 0.4) is 0 Å². The summed E-state index contributed by atoms with van der Waals surface area (Å²) in [5.41, 5.74) is 0.816. The van der Waals surface area contributed by atoms with Crippen molar-refractivity contribution in [2.24, 2.45) is 0 Å². The highest BCUT2D eigenvalue weighted by Gasteiger charge is 2.17. The molecule has 1 aliphatic rings. The quantitative estimate of drug-likeness (QED) is 0.858. The monoisotopic (exact) mass is 279 g/mol. The topological polar surface area (TPSA) is 56.8 Å². The van der Waals surface area contributed by atoms with E-state index in [0.29, 0.717) is 18.0 Å². The molecule has 20 heavy (non-hydrogen) atoms. The third-order valence-electron chi connectivity index (χ3n) is 3.39. The molecule has 5 heteroatoms. The second kappa shape index (κ2) is 7.14. The van der Waals surface area contributed by atoms with Crippen molar-refractivity contribution in [1.82, 2.24) is 5.32 Å². The molecule has 0 saturated carbocycles. The van der Waals surface area contributed by atoms with Gasteiger partial charge in [0, 0.05) is 18.7 Å². The lowest BCUT2D eigenvalue weighted by molar-refractivity contribution is -0.120. The van der Waals surface area contributed by atoms with E-state index in [2.05, 4.69) is 5.32 Å². The van der Waals surface area contributed by atoms with Crippen molar-refractivity contribution in [3.05, 3.63) is 23.8 Å². The fourth-order valence-electron chi connectivity index (χ4n) is 2.29. The van der Waals surface area contributed by atoms with Crippen LogP contribution in [0.4, 0.5) is 0 Å². The predicted octanol–water partition coefficient (Wildman–Crippen LogP) is 1.54. The van der Waals surface area contributed by atoms with Gasteiger partial charge in [0.1, 0.15) is 11.5 Å². The van der Waals surface area contributed by atoms with Crippen LogP contribution in [-0.2, 0) is 16.0 Å². The molecule has 1 heterocycles. The molecule has 0 unspecified atom stereocenters. The molecule has 110 valence electrons. The van der Waals surface area contributed by atoms with Crippen LogP contribution >= 0.6 is 0 Å². The Balaban J connectivity index is 1.91. The Morgan fingerprint density at radius 1 is 1.40 bits per heavy atom. The largest absolute Gasteiger partial charge is 0.497 e. The first kappa shape index (κ1) is 14.7. The number of carbonyl (C=O) groups is 1. The second-order valence-corrected chi connectivity index (χ2v) is 4.79. The van der Waals surface area contributed by atoms with Gasteiger partial charge in [-0.25, -0.2) is 0 Å². The van der Waals surface area contributed by atoms with Gasteiger partial charge in [0.05, 0.1) is 26.7 Å². The summed E-state index contributed by atoms with van der Waals surface area (Å²) in [6, 6.07) is 5.44. The summed E-state index contributed by atoms with van der Waals surface area (Å²) in [6.07, 6.45) is 2.52. The van der Waals surface area contributed by atoms with Gasteiger partial charge in [-0.1, -0.05) is 0 Å². The van der Waals surface area contributed by atoms with Gasteiger partial charge in [-0.2, -0.15) is 0 Å². The Labute approximate surface area is 119 Å². The molecule has 1 N–H and O–H groups in total. The number of hydrogen-bond donors (Lipinski definition) is 1. The molecule has 5 nitrogen and oxygen atoms in total. The van der Waals surface area contributed by atoms with Crippen LogP contribution in [0.15, 0.2) is 18.2 Å². The molecule has 0 aromatic heterocycles. The Bertz CT molecular complexity index is 455. The zero-order chi connectivity index (χ0) is 14.4. The summed E-state index contributed by atoms with van der Waals surface area (Å²) >= 11 is 0. The molecule has 0 bridgehead atoms. The smallest absolute Gasteiger partial charge is 0.224 e. The number of ether oxygens (including phenoxy) is 3. The lowest BCUT2D eigenvalue weighted by Gasteiger charge is -2.13. The normalized spacial score (nSPS) is 17.8. The number of benzene rings is 1. The molecular formula is C15H21NO4. The molecule has 2 rings (SSSR count). The van der Waals surface area contributed by atoms with Crippen molar-refractivity contribution in [3.8, 4) is 11.5 Å². The SMILES string of the molecule is COc1ccc(OC)c(CC(=O)NC[C@@H]2CCCO2)c1. The van der Waals surface area contributed by atoms with Gasteiger partial charge in [-0.05, 0) is 31.0 Å². The van der Waals surface area contributed by atoms with E-state index >= 15 is 0 Å². The van der Waals surface area contributed by atoms with E-state index in [9.17, 15) is 4.79 Å². The van der Waals surface area contributed by atoms with Crippen molar-refractivity contribution < 1.29 is 19.0 Å². The Hall–Kier alpha value is -1.75. The number of carbonyl (C=O) groups excluding carboxylic acids is 1. The van der Waals surface area contributed by atoms with Crippen LogP contribution in [0.1, 0.15) is 18.4 Å². The van der Waals surface area contributed by atoms with E-state index in [0.717, 1.165) is 25.0 Å². The zero-order valence-corrected chi connectivity index (χ0v) is 12.0. The van der Waals surface area contributed by atoms with E-state index in [1.54, 1.807) is 14.2 Å². The summed E-state index contributed by atoms with van der Waals surface area (Å²) in [4.78, 5) is 12.0. The van der Waals surface area contributed by atoms with Gasteiger partial charge in [-0.15, -0.1) is 0 Å². The zero-order valence-electron chi connectivity index (χ0n) is 12.0. The fourth-order valence-corrected chi connectivity index (χ4v) is 2.29. The van der Waals surface area contributed by atoms with Crippen LogP contribution in [0, 0.1) is 0 Å². The number of methoxy groups -OCH3 is 2. The summed E-state index contributed by atoms with van der Waals surface area (Å²) in [5, 5.41) is 2.90. The molecule has 1 amide bonds. The van der Waals surface area contributed by atoms with E-state index in [1.165, 1.54) is 0 Å². The van der Waals surface area contributed by atoms with E-state index in [4.69, 9.17) is 14.2 Å². The summed E-state index contributed by atoms with van der Waals surface area (Å²) in [7, 11) is 3.19. The molecule has 1 aromatic rings. The average molecular weight is 279 g/mol. The lowest BCUT2D eigenvalue weighted by atomic mass is 10.1. The molecule has 0 aliphatic carbocycles. The van der Waals surface area contributed by atoms with Crippen molar-refractivity contribution in [2.45, 2.75) is 25.4 Å². The number of hydrogen-bond acceptors (Lipinski definition) is 4. The maximum atomic E-state index is 12.0. The molecule has 0 spiro atoms. The Morgan fingerprint density at radius 3 is 2.90 bits per heavy atom. The fraction of sp³-hybridized carbons (Fsp3) is 0.533. The van der Waals surface area contributed by atoms with Crippen molar-refractivity contribution in [3.63, 3.8) is 0 Å². The van der Waals surface area contributed by atoms with Gasteiger partial charge in [0.25, 0.3) is 0 Å². The summed E-state index contributed by atoms with van der Waals surface area (Å²) in [6.45, 7) is 1.37. The van der Waals surface area contributed by atoms with Crippen molar-refractivity contribution in [2.75, 3.05) is 27.4 Å². The minimum atomic E-state index is -0.0351. The molecule has 1 aromatic carbocycles. The highest BCUT2D eigenvalue weighted by Crippen LogP contribution is 2.24. The number of nitrogens with one attached hydrogen (secondary N) is 1. The maximum Gasteiger partial charge on any atom is 0.224 e. The maximum absolute atomic E-state index is 12.0. The predicted molar refractivity (Wildman–Crippen MR) is 75.2 cm³/mol. The molecule has 1 saturated heterocycles.